The largest absolute Gasteiger partial charge is 0.484 e. The minimum Gasteiger partial charge on any atom is -0.484 e. The van der Waals surface area contributed by atoms with E-state index >= 15 is 0 Å². The van der Waals surface area contributed by atoms with E-state index in [1.807, 2.05) is 35.2 Å². The van der Waals surface area contributed by atoms with Gasteiger partial charge in [-0.05, 0) is 69.7 Å². The third-order valence-electron chi connectivity index (χ3n) is 7.08. The molecule has 0 aliphatic carbocycles. The number of ether oxygens (including phenoxy) is 1. The van der Waals surface area contributed by atoms with Crippen molar-refractivity contribution < 1.29 is 14.3 Å². The van der Waals surface area contributed by atoms with Gasteiger partial charge in [-0.2, -0.15) is 0 Å². The van der Waals surface area contributed by atoms with Crippen molar-refractivity contribution in [3.8, 4) is 5.75 Å². The van der Waals surface area contributed by atoms with E-state index in [0.717, 1.165) is 63.9 Å². The molecule has 29 heavy (non-hydrogen) atoms. The van der Waals surface area contributed by atoms with Gasteiger partial charge in [0.15, 0.2) is 6.61 Å². The van der Waals surface area contributed by atoms with Crippen LogP contribution in [0.5, 0.6) is 5.75 Å². The maximum absolute atomic E-state index is 13.3. The molecule has 0 N–H and O–H groups in total. The number of carbonyl (C=O) groups is 2. The van der Waals surface area contributed by atoms with E-state index in [1.165, 1.54) is 0 Å². The monoisotopic (exact) mass is 399 g/mol. The van der Waals surface area contributed by atoms with Crippen LogP contribution in [0.15, 0.2) is 30.3 Å². The van der Waals surface area contributed by atoms with E-state index < -0.39 is 0 Å². The molecule has 1 aromatic carbocycles. The first-order valence-corrected chi connectivity index (χ1v) is 11.0. The summed E-state index contributed by atoms with van der Waals surface area (Å²) in [4.78, 5) is 32.3. The highest BCUT2D eigenvalue weighted by molar-refractivity contribution is 5.83. The number of amides is 2. The van der Waals surface area contributed by atoms with Crippen LogP contribution in [0, 0.1) is 5.41 Å². The average Bonchev–Trinajstić information content (AvgIpc) is 3.28. The van der Waals surface area contributed by atoms with Crippen LogP contribution < -0.4 is 4.74 Å². The summed E-state index contributed by atoms with van der Waals surface area (Å²) in [5.41, 5.74) is 0.00371. The minimum absolute atomic E-state index is 0.00371. The molecule has 6 heteroatoms. The Hall–Kier alpha value is -2.08. The Morgan fingerprint density at radius 1 is 0.931 bits per heavy atom. The van der Waals surface area contributed by atoms with Crippen molar-refractivity contribution in [1.82, 2.24) is 14.7 Å². The number of carbonyl (C=O) groups excluding carboxylic acids is 2. The fourth-order valence-corrected chi connectivity index (χ4v) is 5.45. The molecule has 3 saturated heterocycles. The van der Waals surface area contributed by atoms with Crippen LogP contribution in [-0.4, -0.2) is 78.9 Å². The molecule has 158 valence electrons. The normalized spacial score (nSPS) is 24.7. The lowest BCUT2D eigenvalue weighted by atomic mass is 9.66. The molecule has 1 atom stereocenters. The number of nitrogens with zero attached hydrogens (tertiary/aromatic N) is 3. The molecule has 0 aromatic heterocycles. The number of hydrogen-bond donors (Lipinski definition) is 0. The van der Waals surface area contributed by atoms with Crippen molar-refractivity contribution in [3.63, 3.8) is 0 Å². The number of likely N-dealkylation sites (N-methyl/N-ethyl adjacent to an activating group) is 1. The Morgan fingerprint density at radius 2 is 1.62 bits per heavy atom. The van der Waals surface area contributed by atoms with Gasteiger partial charge in [0.05, 0.1) is 6.04 Å². The smallest absolute Gasteiger partial charge is 0.260 e. The van der Waals surface area contributed by atoms with Gasteiger partial charge in [0, 0.05) is 26.2 Å². The van der Waals surface area contributed by atoms with Crippen molar-refractivity contribution in [2.45, 2.75) is 44.6 Å². The average molecular weight is 400 g/mol. The van der Waals surface area contributed by atoms with E-state index in [-0.39, 0.29) is 24.0 Å². The fourth-order valence-electron chi connectivity index (χ4n) is 5.45. The third kappa shape index (κ3) is 4.27. The number of para-hydroxylation sites is 1. The number of piperidine rings is 2. The maximum atomic E-state index is 13.3. The van der Waals surface area contributed by atoms with Gasteiger partial charge in [-0.1, -0.05) is 18.2 Å². The summed E-state index contributed by atoms with van der Waals surface area (Å²) >= 11 is 0. The number of hydrogen-bond acceptors (Lipinski definition) is 4. The minimum atomic E-state index is -0.0350. The van der Waals surface area contributed by atoms with E-state index in [9.17, 15) is 9.59 Å². The Kier molecular flexibility index (Phi) is 6.09. The van der Waals surface area contributed by atoms with Gasteiger partial charge in [-0.3, -0.25) is 14.5 Å². The van der Waals surface area contributed by atoms with Crippen LogP contribution in [0.4, 0.5) is 0 Å². The van der Waals surface area contributed by atoms with Crippen molar-refractivity contribution in [3.05, 3.63) is 30.3 Å². The summed E-state index contributed by atoms with van der Waals surface area (Å²) in [7, 11) is 2.10. The lowest BCUT2D eigenvalue weighted by molar-refractivity contribution is -0.148. The summed E-state index contributed by atoms with van der Waals surface area (Å²) in [6, 6.07) is 9.44. The molecule has 2 amide bonds. The second-order valence-electron chi connectivity index (χ2n) is 8.86. The van der Waals surface area contributed by atoms with E-state index in [2.05, 4.69) is 16.8 Å². The van der Waals surface area contributed by atoms with Crippen LogP contribution in [0.25, 0.3) is 0 Å². The molecule has 1 aromatic rings. The molecule has 0 saturated carbocycles. The van der Waals surface area contributed by atoms with Gasteiger partial charge in [-0.25, -0.2) is 0 Å². The van der Waals surface area contributed by atoms with E-state index in [4.69, 9.17) is 4.74 Å². The van der Waals surface area contributed by atoms with Crippen molar-refractivity contribution in [2.75, 3.05) is 46.4 Å². The van der Waals surface area contributed by atoms with Crippen LogP contribution in [-0.2, 0) is 9.59 Å². The molecular formula is C23H33N3O3. The van der Waals surface area contributed by atoms with E-state index in [1.54, 1.807) is 0 Å². The highest BCUT2D eigenvalue weighted by Crippen LogP contribution is 2.45. The number of likely N-dealkylation sites (tertiary alicyclic amines) is 3. The van der Waals surface area contributed by atoms with Crippen LogP contribution in [0.3, 0.4) is 0 Å². The van der Waals surface area contributed by atoms with Crippen molar-refractivity contribution in [2.24, 2.45) is 5.41 Å². The van der Waals surface area contributed by atoms with Gasteiger partial charge in [-0.15, -0.1) is 0 Å². The lowest BCUT2D eigenvalue weighted by Crippen LogP contribution is -2.61. The summed E-state index contributed by atoms with van der Waals surface area (Å²) in [5, 5.41) is 0. The standard InChI is InChI=1S/C23H33N3O3/c1-24-13-7-10-23(21(24)22(28)26-14-5-6-15-26)11-16-25(17-12-23)20(27)18-29-19-8-3-2-4-9-19/h2-4,8-9,21H,5-7,10-18H2,1H3/t21-/m1/s1. The quantitative estimate of drug-likeness (QED) is 0.780. The first-order valence-electron chi connectivity index (χ1n) is 11.0. The zero-order valence-corrected chi connectivity index (χ0v) is 17.5. The van der Waals surface area contributed by atoms with Gasteiger partial charge in [0.2, 0.25) is 5.91 Å². The molecule has 6 nitrogen and oxygen atoms in total. The van der Waals surface area contributed by atoms with Gasteiger partial charge in [0.1, 0.15) is 5.75 Å². The highest BCUT2D eigenvalue weighted by Gasteiger charge is 2.50. The van der Waals surface area contributed by atoms with Crippen molar-refractivity contribution >= 4 is 11.8 Å². The Bertz CT molecular complexity index is 709. The van der Waals surface area contributed by atoms with Crippen LogP contribution >= 0.6 is 0 Å². The summed E-state index contributed by atoms with van der Waals surface area (Å²) < 4.78 is 5.64. The molecule has 0 unspecified atom stereocenters. The fraction of sp³-hybridized carbons (Fsp3) is 0.652. The molecule has 3 fully saturated rings. The lowest BCUT2D eigenvalue weighted by Gasteiger charge is -2.52. The molecule has 3 heterocycles. The second-order valence-corrected chi connectivity index (χ2v) is 8.86. The predicted molar refractivity (Wildman–Crippen MR) is 112 cm³/mol. The first-order chi connectivity index (χ1) is 14.1. The van der Waals surface area contributed by atoms with Gasteiger partial charge >= 0.3 is 0 Å². The zero-order valence-electron chi connectivity index (χ0n) is 17.5. The molecule has 3 aliphatic rings. The van der Waals surface area contributed by atoms with Crippen molar-refractivity contribution in [1.29, 1.82) is 0 Å². The molecule has 4 rings (SSSR count). The molecule has 1 spiro atoms. The Labute approximate surface area is 173 Å². The first kappa shape index (κ1) is 20.2. The van der Waals surface area contributed by atoms with Crippen LogP contribution in [0.1, 0.15) is 38.5 Å². The van der Waals surface area contributed by atoms with E-state index in [0.29, 0.717) is 19.0 Å². The summed E-state index contributed by atoms with van der Waals surface area (Å²) in [6.07, 6.45) is 6.27. The van der Waals surface area contributed by atoms with Crippen LogP contribution in [0.2, 0.25) is 0 Å². The molecule has 0 radical (unpaired) electrons. The second kappa shape index (κ2) is 8.74. The van der Waals surface area contributed by atoms with Gasteiger partial charge in [0.25, 0.3) is 5.91 Å². The summed E-state index contributed by atoms with van der Waals surface area (Å²) in [6.45, 7) is 4.30. The predicted octanol–water partition coefficient (Wildman–Crippen LogP) is 2.39. The number of benzene rings is 1. The maximum Gasteiger partial charge on any atom is 0.260 e. The third-order valence-corrected chi connectivity index (χ3v) is 7.08. The molecule has 0 bridgehead atoms. The number of rotatable bonds is 4. The Morgan fingerprint density at radius 3 is 2.31 bits per heavy atom. The van der Waals surface area contributed by atoms with Gasteiger partial charge < -0.3 is 14.5 Å². The highest BCUT2D eigenvalue weighted by atomic mass is 16.5. The molecule has 3 aliphatic heterocycles. The zero-order chi connectivity index (χ0) is 20.3. The molecular weight excluding hydrogens is 366 g/mol. The topological polar surface area (TPSA) is 53.1 Å². The SMILES string of the molecule is CN1CCCC2(CCN(C(=O)COc3ccccc3)CC2)[C@H]1C(=O)N1CCCC1. The Balaban J connectivity index is 1.38. The summed E-state index contributed by atoms with van der Waals surface area (Å²) in [5.74, 6) is 1.08.